The molecule has 2 heterocycles. The topological polar surface area (TPSA) is 51.6 Å². The zero-order chi connectivity index (χ0) is 10.4. The summed E-state index contributed by atoms with van der Waals surface area (Å²) in [6.07, 6.45) is 3.58. The Kier molecular flexibility index (Phi) is 1.70. The van der Waals surface area contributed by atoms with Crippen LogP contribution in [0.25, 0.3) is 21.8 Å². The van der Waals surface area contributed by atoms with E-state index in [0.29, 0.717) is 0 Å². The van der Waals surface area contributed by atoms with E-state index in [9.17, 15) is 0 Å². The van der Waals surface area contributed by atoms with Crippen LogP contribution in [-0.4, -0.2) is 18.9 Å². The minimum absolute atomic E-state index is 0.984. The maximum atomic E-state index is 4.31. The molecule has 15 heavy (non-hydrogen) atoms. The van der Waals surface area contributed by atoms with Crippen molar-refractivity contribution in [1.29, 1.82) is 0 Å². The van der Waals surface area contributed by atoms with E-state index in [1.807, 2.05) is 13.8 Å². The molecular formula is C10H8N4S. The normalized spacial score (nSPS) is 11.3. The van der Waals surface area contributed by atoms with Crippen LogP contribution < -0.4 is 0 Å². The Hall–Kier alpha value is -1.62. The monoisotopic (exact) mass is 216 g/mol. The molecule has 0 unspecified atom stereocenters. The third kappa shape index (κ3) is 1.07. The Balaban J connectivity index is 2.69. The maximum absolute atomic E-state index is 4.31. The molecule has 0 radical (unpaired) electrons. The highest BCUT2D eigenvalue weighted by Crippen LogP contribution is 2.29. The highest BCUT2D eigenvalue weighted by molar-refractivity contribution is 7.00. The molecule has 0 bridgehead atoms. The number of rotatable bonds is 0. The van der Waals surface area contributed by atoms with Crippen molar-refractivity contribution in [2.45, 2.75) is 13.8 Å². The Morgan fingerprint density at radius 2 is 1.33 bits per heavy atom. The second-order valence-electron chi connectivity index (χ2n) is 3.53. The van der Waals surface area contributed by atoms with E-state index >= 15 is 0 Å². The van der Waals surface area contributed by atoms with E-state index < -0.39 is 0 Å². The summed E-state index contributed by atoms with van der Waals surface area (Å²) in [5.41, 5.74) is 4.24. The van der Waals surface area contributed by atoms with E-state index in [1.54, 1.807) is 12.4 Å². The van der Waals surface area contributed by atoms with Gasteiger partial charge in [-0.25, -0.2) is 0 Å². The minimum Gasteiger partial charge on any atom is -0.173 e. The molecule has 0 atom stereocenters. The highest BCUT2D eigenvalue weighted by atomic mass is 32.1. The van der Waals surface area contributed by atoms with E-state index in [2.05, 4.69) is 18.9 Å². The summed E-state index contributed by atoms with van der Waals surface area (Å²) in [4.78, 5) is 0. The van der Waals surface area contributed by atoms with Crippen molar-refractivity contribution < 1.29 is 0 Å². The fourth-order valence-corrected chi connectivity index (χ4v) is 2.51. The smallest absolute Gasteiger partial charge is 0.108 e. The van der Waals surface area contributed by atoms with Crippen molar-refractivity contribution in [2.75, 3.05) is 0 Å². The molecule has 0 aliphatic rings. The van der Waals surface area contributed by atoms with Gasteiger partial charge in [0, 0.05) is 10.8 Å². The molecule has 74 valence electrons. The van der Waals surface area contributed by atoms with Crippen molar-refractivity contribution in [3.8, 4) is 0 Å². The fraction of sp³-hybridized carbons (Fsp3) is 0.200. The van der Waals surface area contributed by atoms with Crippen LogP contribution in [-0.2, 0) is 0 Å². The SMILES string of the molecule is Cc1c2cnncc2c(C)c2nsnc12. The predicted molar refractivity (Wildman–Crippen MR) is 60.0 cm³/mol. The molecule has 0 aliphatic carbocycles. The van der Waals surface area contributed by atoms with E-state index in [0.717, 1.165) is 32.9 Å². The lowest BCUT2D eigenvalue weighted by Crippen LogP contribution is -1.89. The predicted octanol–water partition coefficient (Wildman–Crippen LogP) is 2.25. The summed E-state index contributed by atoms with van der Waals surface area (Å²) in [6.45, 7) is 4.10. The van der Waals surface area contributed by atoms with Crippen molar-refractivity contribution in [1.82, 2.24) is 18.9 Å². The molecule has 0 aliphatic heterocycles. The van der Waals surface area contributed by atoms with Gasteiger partial charge in [0.2, 0.25) is 0 Å². The number of nitrogens with zero attached hydrogens (tertiary/aromatic N) is 4. The van der Waals surface area contributed by atoms with Crippen molar-refractivity contribution in [3.63, 3.8) is 0 Å². The van der Waals surface area contributed by atoms with Crippen molar-refractivity contribution in [2.24, 2.45) is 0 Å². The number of hydrogen-bond acceptors (Lipinski definition) is 5. The lowest BCUT2D eigenvalue weighted by molar-refractivity contribution is 1.05. The zero-order valence-electron chi connectivity index (χ0n) is 8.35. The summed E-state index contributed by atoms with van der Waals surface area (Å²) >= 11 is 1.25. The Morgan fingerprint density at radius 1 is 0.867 bits per heavy atom. The standard InChI is InChI=1S/C10H8N4S/c1-5-7-3-11-12-4-8(7)6(2)10-9(5)13-15-14-10/h3-4H,1-2H3. The molecule has 0 fully saturated rings. The molecule has 0 amide bonds. The molecule has 5 heteroatoms. The Bertz CT molecular complexity index is 603. The molecule has 3 aromatic rings. The molecular weight excluding hydrogens is 208 g/mol. The lowest BCUT2D eigenvalue weighted by Gasteiger charge is -2.04. The van der Waals surface area contributed by atoms with Gasteiger partial charge in [-0.1, -0.05) is 0 Å². The van der Waals surface area contributed by atoms with Crippen LogP contribution in [0.3, 0.4) is 0 Å². The van der Waals surface area contributed by atoms with Gasteiger partial charge in [-0.3, -0.25) is 0 Å². The molecule has 3 rings (SSSR count). The van der Waals surface area contributed by atoms with Gasteiger partial charge >= 0.3 is 0 Å². The van der Waals surface area contributed by atoms with Crippen LogP contribution in [0, 0.1) is 13.8 Å². The molecule has 0 saturated carbocycles. The largest absolute Gasteiger partial charge is 0.173 e. The van der Waals surface area contributed by atoms with Gasteiger partial charge < -0.3 is 0 Å². The van der Waals surface area contributed by atoms with E-state index in [1.165, 1.54) is 11.7 Å². The second kappa shape index (κ2) is 2.93. The fourth-order valence-electron chi connectivity index (χ4n) is 1.85. The summed E-state index contributed by atoms with van der Waals surface area (Å²) < 4.78 is 8.62. The van der Waals surface area contributed by atoms with Crippen LogP contribution in [0.1, 0.15) is 11.1 Å². The van der Waals surface area contributed by atoms with Crippen molar-refractivity contribution in [3.05, 3.63) is 23.5 Å². The molecule has 0 N–H and O–H groups in total. The first-order valence-electron chi connectivity index (χ1n) is 4.61. The second-order valence-corrected chi connectivity index (χ2v) is 4.06. The third-order valence-electron chi connectivity index (χ3n) is 2.74. The van der Waals surface area contributed by atoms with E-state index in [-0.39, 0.29) is 0 Å². The number of aryl methyl sites for hydroxylation is 2. The minimum atomic E-state index is 0.984. The number of benzene rings is 1. The van der Waals surface area contributed by atoms with Gasteiger partial charge in [-0.15, -0.1) is 0 Å². The Morgan fingerprint density at radius 3 is 1.80 bits per heavy atom. The molecule has 0 saturated heterocycles. The van der Waals surface area contributed by atoms with Crippen LogP contribution in [0.5, 0.6) is 0 Å². The van der Waals surface area contributed by atoms with Crippen LogP contribution in [0.4, 0.5) is 0 Å². The quantitative estimate of drug-likeness (QED) is 0.578. The van der Waals surface area contributed by atoms with Crippen LogP contribution >= 0.6 is 11.7 Å². The molecule has 4 nitrogen and oxygen atoms in total. The highest BCUT2D eigenvalue weighted by Gasteiger charge is 2.11. The summed E-state index contributed by atoms with van der Waals surface area (Å²) in [7, 11) is 0. The Labute approximate surface area is 90.3 Å². The molecule has 1 aromatic carbocycles. The van der Waals surface area contributed by atoms with E-state index in [4.69, 9.17) is 0 Å². The van der Waals surface area contributed by atoms with Crippen LogP contribution in [0.2, 0.25) is 0 Å². The molecule has 0 spiro atoms. The van der Waals surface area contributed by atoms with Gasteiger partial charge in [0.15, 0.2) is 0 Å². The van der Waals surface area contributed by atoms with Crippen molar-refractivity contribution >= 4 is 33.5 Å². The first-order chi connectivity index (χ1) is 7.29. The number of aromatic nitrogens is 4. The van der Waals surface area contributed by atoms with Gasteiger partial charge in [-0.2, -0.15) is 18.9 Å². The lowest BCUT2D eigenvalue weighted by atomic mass is 10.0. The number of hydrogen-bond donors (Lipinski definition) is 0. The first-order valence-corrected chi connectivity index (χ1v) is 5.34. The third-order valence-corrected chi connectivity index (χ3v) is 3.27. The molecule has 2 aromatic heterocycles. The van der Waals surface area contributed by atoms with Gasteiger partial charge in [0.05, 0.1) is 24.1 Å². The van der Waals surface area contributed by atoms with Gasteiger partial charge in [0.1, 0.15) is 11.0 Å². The van der Waals surface area contributed by atoms with Gasteiger partial charge in [-0.05, 0) is 25.0 Å². The first kappa shape index (κ1) is 8.67. The zero-order valence-corrected chi connectivity index (χ0v) is 9.17. The maximum Gasteiger partial charge on any atom is 0.108 e. The summed E-state index contributed by atoms with van der Waals surface area (Å²) in [5, 5.41) is 10.0. The average Bonchev–Trinajstić information content (AvgIpc) is 2.75. The summed E-state index contributed by atoms with van der Waals surface area (Å²) in [6, 6.07) is 0. The number of fused-ring (bicyclic) bond motifs is 2. The van der Waals surface area contributed by atoms with Gasteiger partial charge in [0.25, 0.3) is 0 Å². The average molecular weight is 216 g/mol. The van der Waals surface area contributed by atoms with Crippen LogP contribution in [0.15, 0.2) is 12.4 Å². The summed E-state index contributed by atoms with van der Waals surface area (Å²) in [5.74, 6) is 0.